The Morgan fingerprint density at radius 1 is 1.13 bits per heavy atom. The second-order valence-electron chi connectivity index (χ2n) is 8.87. The van der Waals surface area contributed by atoms with E-state index in [1.54, 1.807) is 0 Å². The first kappa shape index (κ1) is 26.4. The van der Waals surface area contributed by atoms with E-state index in [0.717, 1.165) is 57.8 Å². The van der Waals surface area contributed by atoms with E-state index >= 15 is 0 Å². The molecule has 2 atom stereocenters. The summed E-state index contributed by atoms with van der Waals surface area (Å²) in [5.74, 6) is 1.72. The summed E-state index contributed by atoms with van der Waals surface area (Å²) in [6.07, 6.45) is 2.71. The number of aliphatic imine (C=N–C) groups is 1. The zero-order valence-electron chi connectivity index (χ0n) is 19.6. The van der Waals surface area contributed by atoms with Gasteiger partial charge in [0.2, 0.25) is 0 Å². The highest BCUT2D eigenvalue weighted by Crippen LogP contribution is 2.18. The summed E-state index contributed by atoms with van der Waals surface area (Å²) < 4.78 is 5.46. The van der Waals surface area contributed by atoms with Gasteiger partial charge in [-0.15, -0.1) is 24.0 Å². The van der Waals surface area contributed by atoms with Crippen LogP contribution in [0, 0.1) is 5.92 Å². The quantitative estimate of drug-likeness (QED) is 0.300. The van der Waals surface area contributed by atoms with Crippen LogP contribution in [-0.2, 0) is 17.8 Å². The molecule has 2 N–H and O–H groups in total. The maximum atomic E-state index is 5.46. The van der Waals surface area contributed by atoms with Crippen molar-refractivity contribution in [3.63, 3.8) is 0 Å². The van der Waals surface area contributed by atoms with Crippen molar-refractivity contribution in [2.45, 2.75) is 52.7 Å². The average molecular weight is 544 g/mol. The van der Waals surface area contributed by atoms with E-state index in [-0.39, 0.29) is 24.0 Å². The van der Waals surface area contributed by atoms with E-state index in [1.165, 1.54) is 37.1 Å². The zero-order valence-corrected chi connectivity index (χ0v) is 21.9. The van der Waals surface area contributed by atoms with Crippen LogP contribution in [-0.4, -0.2) is 74.3 Å². The lowest BCUT2D eigenvalue weighted by atomic mass is 9.99. The lowest BCUT2D eigenvalue weighted by Gasteiger charge is -2.32. The van der Waals surface area contributed by atoms with E-state index in [4.69, 9.17) is 9.73 Å². The summed E-state index contributed by atoms with van der Waals surface area (Å²) in [6, 6.07) is 9.46. The third-order valence-electron chi connectivity index (χ3n) is 6.17. The number of rotatable bonds is 8. The average Bonchev–Trinajstić information content (AvgIpc) is 2.77. The van der Waals surface area contributed by atoms with E-state index in [0.29, 0.717) is 12.6 Å². The number of hydrogen-bond acceptors (Lipinski definition) is 4. The highest BCUT2D eigenvalue weighted by molar-refractivity contribution is 14.0. The Balaban J connectivity index is 0.00000341. The highest BCUT2D eigenvalue weighted by Gasteiger charge is 2.17. The van der Waals surface area contributed by atoms with Crippen molar-refractivity contribution >= 4 is 29.9 Å². The van der Waals surface area contributed by atoms with E-state index in [9.17, 15) is 0 Å². The fourth-order valence-corrected chi connectivity index (χ4v) is 4.34. The molecule has 0 aromatic heterocycles. The van der Waals surface area contributed by atoms with Crippen molar-refractivity contribution in [2.75, 3.05) is 52.5 Å². The summed E-state index contributed by atoms with van der Waals surface area (Å²) in [5.41, 5.74) is 2.66. The minimum Gasteiger partial charge on any atom is -0.379 e. The molecule has 1 aromatic carbocycles. The van der Waals surface area contributed by atoms with Gasteiger partial charge >= 0.3 is 0 Å². The fourth-order valence-electron chi connectivity index (χ4n) is 4.34. The molecule has 2 saturated heterocycles. The van der Waals surface area contributed by atoms with Gasteiger partial charge in [-0.3, -0.25) is 9.80 Å². The summed E-state index contributed by atoms with van der Waals surface area (Å²) in [5, 5.41) is 6.88. The highest BCUT2D eigenvalue weighted by atomic mass is 127. The topological polar surface area (TPSA) is 52.1 Å². The first-order valence-electron chi connectivity index (χ1n) is 11.8. The van der Waals surface area contributed by atoms with Crippen LogP contribution in [0.25, 0.3) is 0 Å². The molecule has 31 heavy (non-hydrogen) atoms. The standard InChI is InChI=1S/C24H41N5O.HI/c1-4-25-24(26-16-21(3)29-12-14-30-15-13-29)27-17-22-7-9-23(10-8-22)19-28-11-5-6-20(2)18-28;/h7-10,20-21H,4-6,11-19H2,1-3H3,(H2,25,26,27);1H. The number of nitrogens with zero attached hydrogens (tertiary/aromatic N) is 3. The van der Waals surface area contributed by atoms with Gasteiger partial charge in [0.1, 0.15) is 0 Å². The summed E-state index contributed by atoms with van der Waals surface area (Å²) >= 11 is 0. The van der Waals surface area contributed by atoms with Crippen molar-refractivity contribution in [3.8, 4) is 0 Å². The molecule has 2 aliphatic rings. The predicted octanol–water partition coefficient (Wildman–Crippen LogP) is 3.31. The number of benzene rings is 1. The molecule has 1 aromatic rings. The van der Waals surface area contributed by atoms with Crippen LogP contribution in [0.1, 0.15) is 44.7 Å². The molecule has 2 unspecified atom stereocenters. The van der Waals surface area contributed by atoms with Crippen LogP contribution in [0.2, 0.25) is 0 Å². The van der Waals surface area contributed by atoms with Gasteiger partial charge in [0.05, 0.1) is 19.8 Å². The SMILES string of the molecule is CCNC(=NCc1ccc(CN2CCCC(C)C2)cc1)NCC(C)N1CCOCC1.I. The normalized spacial score (nSPS) is 21.9. The fraction of sp³-hybridized carbons (Fsp3) is 0.708. The van der Waals surface area contributed by atoms with Crippen molar-refractivity contribution in [3.05, 3.63) is 35.4 Å². The Morgan fingerprint density at radius 2 is 1.84 bits per heavy atom. The smallest absolute Gasteiger partial charge is 0.191 e. The van der Waals surface area contributed by atoms with Crippen LogP contribution < -0.4 is 10.6 Å². The van der Waals surface area contributed by atoms with Crippen LogP contribution >= 0.6 is 24.0 Å². The molecule has 0 saturated carbocycles. The van der Waals surface area contributed by atoms with Crippen molar-refractivity contribution < 1.29 is 4.74 Å². The number of halogens is 1. The monoisotopic (exact) mass is 543 g/mol. The Bertz CT molecular complexity index is 648. The second-order valence-corrected chi connectivity index (χ2v) is 8.87. The predicted molar refractivity (Wildman–Crippen MR) is 140 cm³/mol. The van der Waals surface area contributed by atoms with Gasteiger partial charge in [0.25, 0.3) is 0 Å². The molecular weight excluding hydrogens is 501 g/mol. The molecule has 2 heterocycles. The second kappa shape index (κ2) is 14.3. The number of guanidine groups is 1. The molecule has 0 aliphatic carbocycles. The molecule has 2 aliphatic heterocycles. The van der Waals surface area contributed by atoms with E-state index in [2.05, 4.69) is 65.5 Å². The van der Waals surface area contributed by atoms with Crippen LogP contribution in [0.4, 0.5) is 0 Å². The van der Waals surface area contributed by atoms with Gasteiger partial charge in [-0.05, 0) is 50.3 Å². The Labute approximate surface area is 206 Å². The van der Waals surface area contributed by atoms with Crippen LogP contribution in [0.5, 0.6) is 0 Å². The molecule has 3 rings (SSSR count). The summed E-state index contributed by atoms with van der Waals surface area (Å²) in [4.78, 5) is 9.86. The number of hydrogen-bond donors (Lipinski definition) is 2. The third-order valence-corrected chi connectivity index (χ3v) is 6.17. The first-order chi connectivity index (χ1) is 14.6. The molecule has 2 fully saturated rings. The Kier molecular flexibility index (Phi) is 12.1. The van der Waals surface area contributed by atoms with Crippen molar-refractivity contribution in [2.24, 2.45) is 10.9 Å². The molecule has 7 heteroatoms. The van der Waals surface area contributed by atoms with Gasteiger partial charge < -0.3 is 15.4 Å². The number of piperidine rings is 1. The Hall–Kier alpha value is -0.900. The van der Waals surface area contributed by atoms with Gasteiger partial charge in [-0.1, -0.05) is 31.2 Å². The van der Waals surface area contributed by atoms with E-state index < -0.39 is 0 Å². The molecule has 0 amide bonds. The minimum atomic E-state index is 0. The summed E-state index contributed by atoms with van der Waals surface area (Å²) in [6.45, 7) is 16.4. The first-order valence-corrected chi connectivity index (χ1v) is 11.8. The zero-order chi connectivity index (χ0) is 21.2. The van der Waals surface area contributed by atoms with Crippen molar-refractivity contribution in [1.82, 2.24) is 20.4 Å². The molecule has 0 spiro atoms. The van der Waals surface area contributed by atoms with Crippen molar-refractivity contribution in [1.29, 1.82) is 0 Å². The minimum absolute atomic E-state index is 0. The molecular formula is C24H42IN5O. The largest absolute Gasteiger partial charge is 0.379 e. The maximum Gasteiger partial charge on any atom is 0.191 e. The number of nitrogens with one attached hydrogen (secondary N) is 2. The van der Waals surface area contributed by atoms with Gasteiger partial charge in [-0.25, -0.2) is 4.99 Å². The third kappa shape index (κ3) is 9.24. The molecule has 176 valence electrons. The molecule has 0 bridgehead atoms. The van der Waals surface area contributed by atoms with Crippen LogP contribution in [0.15, 0.2) is 29.3 Å². The number of likely N-dealkylation sites (tertiary alicyclic amines) is 1. The van der Waals surface area contributed by atoms with Gasteiger partial charge in [-0.2, -0.15) is 0 Å². The van der Waals surface area contributed by atoms with Gasteiger partial charge in [0.15, 0.2) is 5.96 Å². The number of ether oxygens (including phenoxy) is 1. The lowest BCUT2D eigenvalue weighted by Crippen LogP contribution is -2.49. The number of morpholine rings is 1. The van der Waals surface area contributed by atoms with E-state index in [1.807, 2.05) is 0 Å². The summed E-state index contributed by atoms with van der Waals surface area (Å²) in [7, 11) is 0. The maximum absolute atomic E-state index is 5.46. The molecule has 6 nitrogen and oxygen atoms in total. The lowest BCUT2D eigenvalue weighted by molar-refractivity contribution is 0.0211. The van der Waals surface area contributed by atoms with Crippen LogP contribution in [0.3, 0.4) is 0 Å². The van der Waals surface area contributed by atoms with Gasteiger partial charge in [0, 0.05) is 45.3 Å². The molecule has 0 radical (unpaired) electrons. The Morgan fingerprint density at radius 3 is 2.52 bits per heavy atom.